The normalized spacial score (nSPS) is 28.5. The molecule has 0 radical (unpaired) electrons. The third kappa shape index (κ3) is 3.08. The summed E-state index contributed by atoms with van der Waals surface area (Å²) in [6.07, 6.45) is 3.53. The lowest BCUT2D eigenvalue weighted by Gasteiger charge is -2.31. The molecule has 0 saturated carbocycles. The number of hydrogen-bond acceptors (Lipinski definition) is 2. The third-order valence-corrected chi connectivity index (χ3v) is 4.09. The highest BCUT2D eigenvalue weighted by Gasteiger charge is 2.37. The van der Waals surface area contributed by atoms with Crippen molar-refractivity contribution in [3.05, 3.63) is 35.9 Å². The summed E-state index contributed by atoms with van der Waals surface area (Å²) in [6.45, 7) is 4.39. The maximum Gasteiger partial charge on any atom is 0.0468 e. The fourth-order valence-electron chi connectivity index (χ4n) is 2.76. The van der Waals surface area contributed by atoms with Gasteiger partial charge in [-0.25, -0.2) is 0 Å². The fraction of sp³-hybridized carbons (Fsp3) is 0.600. The zero-order valence-corrected chi connectivity index (χ0v) is 10.9. The van der Waals surface area contributed by atoms with E-state index in [-0.39, 0.29) is 0 Å². The molecule has 0 aliphatic carbocycles. The molecule has 0 spiro atoms. The molecule has 1 aromatic rings. The Hall–Kier alpha value is -0.860. The molecule has 94 valence electrons. The van der Waals surface area contributed by atoms with Gasteiger partial charge >= 0.3 is 0 Å². The predicted molar refractivity (Wildman–Crippen MR) is 71.2 cm³/mol. The summed E-state index contributed by atoms with van der Waals surface area (Å²) in [5, 5.41) is 3.65. The molecule has 2 heteroatoms. The van der Waals surface area contributed by atoms with Gasteiger partial charge in [-0.15, -0.1) is 0 Å². The van der Waals surface area contributed by atoms with E-state index in [1.54, 1.807) is 7.11 Å². The lowest BCUT2D eigenvalue weighted by molar-refractivity contribution is 0.135. The molecular formula is C15H23NO. The first-order valence-electron chi connectivity index (χ1n) is 6.51. The number of nitrogens with one attached hydrogen (secondary N) is 1. The Morgan fingerprint density at radius 2 is 2.12 bits per heavy atom. The van der Waals surface area contributed by atoms with E-state index < -0.39 is 0 Å². The van der Waals surface area contributed by atoms with Crippen LogP contribution in [0.15, 0.2) is 30.3 Å². The maximum absolute atomic E-state index is 5.24. The Labute approximate surface area is 104 Å². The van der Waals surface area contributed by atoms with Crippen LogP contribution in [0.2, 0.25) is 0 Å². The fourth-order valence-corrected chi connectivity index (χ4v) is 2.76. The molecule has 17 heavy (non-hydrogen) atoms. The summed E-state index contributed by atoms with van der Waals surface area (Å²) in [4.78, 5) is 0. The van der Waals surface area contributed by atoms with Crippen LogP contribution in [0.4, 0.5) is 0 Å². The highest BCUT2D eigenvalue weighted by atomic mass is 16.5. The van der Waals surface area contributed by atoms with E-state index in [0.717, 1.165) is 26.0 Å². The molecule has 1 heterocycles. The van der Waals surface area contributed by atoms with Gasteiger partial charge in [0.2, 0.25) is 0 Å². The summed E-state index contributed by atoms with van der Waals surface area (Å²) < 4.78 is 5.24. The predicted octanol–water partition coefficient (Wildman–Crippen LogP) is 2.63. The van der Waals surface area contributed by atoms with Crippen molar-refractivity contribution in [2.24, 2.45) is 5.41 Å². The molecule has 2 rings (SSSR count). The lowest BCUT2D eigenvalue weighted by Crippen LogP contribution is -2.37. The van der Waals surface area contributed by atoms with Gasteiger partial charge < -0.3 is 10.1 Å². The van der Waals surface area contributed by atoms with Gasteiger partial charge in [-0.2, -0.15) is 0 Å². The van der Waals surface area contributed by atoms with Crippen LogP contribution in [0, 0.1) is 5.41 Å². The second kappa shape index (κ2) is 5.65. The van der Waals surface area contributed by atoms with Crippen molar-refractivity contribution in [2.45, 2.75) is 32.2 Å². The van der Waals surface area contributed by atoms with E-state index in [1.165, 1.54) is 12.0 Å². The van der Waals surface area contributed by atoms with Crippen LogP contribution in [0.25, 0.3) is 0 Å². The van der Waals surface area contributed by atoms with Gasteiger partial charge in [0, 0.05) is 19.8 Å². The van der Waals surface area contributed by atoms with Crippen LogP contribution in [-0.4, -0.2) is 26.3 Å². The Kier molecular flexibility index (Phi) is 4.19. The molecule has 1 fully saturated rings. The van der Waals surface area contributed by atoms with Crippen molar-refractivity contribution in [3.8, 4) is 0 Å². The summed E-state index contributed by atoms with van der Waals surface area (Å²) >= 11 is 0. The van der Waals surface area contributed by atoms with Crippen LogP contribution < -0.4 is 5.32 Å². The summed E-state index contributed by atoms with van der Waals surface area (Å²) in [5.74, 6) is 0. The Bertz CT molecular complexity index is 338. The Balaban J connectivity index is 1.99. The first kappa shape index (κ1) is 12.6. The summed E-state index contributed by atoms with van der Waals surface area (Å²) in [7, 11) is 1.79. The topological polar surface area (TPSA) is 21.3 Å². The van der Waals surface area contributed by atoms with Crippen LogP contribution in [0.1, 0.15) is 25.3 Å². The molecule has 2 nitrogen and oxygen atoms in total. The van der Waals surface area contributed by atoms with Crippen molar-refractivity contribution >= 4 is 0 Å². The highest BCUT2D eigenvalue weighted by Crippen LogP contribution is 2.36. The molecule has 2 atom stereocenters. The van der Waals surface area contributed by atoms with Gasteiger partial charge in [0.25, 0.3) is 0 Å². The standard InChI is InChI=1S/C15H23NO/c1-15(9-11-17-2)8-10-16-14(15)12-13-6-4-3-5-7-13/h3-7,14,16H,8-12H2,1-2H3. The Morgan fingerprint density at radius 1 is 1.35 bits per heavy atom. The number of ether oxygens (including phenoxy) is 1. The minimum Gasteiger partial charge on any atom is -0.385 e. The van der Waals surface area contributed by atoms with Crippen LogP contribution >= 0.6 is 0 Å². The summed E-state index contributed by atoms with van der Waals surface area (Å²) in [5.41, 5.74) is 1.81. The molecule has 1 aliphatic heterocycles. The number of hydrogen-bond donors (Lipinski definition) is 1. The third-order valence-electron chi connectivity index (χ3n) is 4.09. The van der Waals surface area contributed by atoms with Gasteiger partial charge in [-0.05, 0) is 36.8 Å². The maximum atomic E-state index is 5.24. The number of rotatable bonds is 5. The van der Waals surface area contributed by atoms with Gasteiger partial charge in [0.05, 0.1) is 0 Å². The first-order valence-corrected chi connectivity index (χ1v) is 6.51. The van der Waals surface area contributed by atoms with E-state index in [9.17, 15) is 0 Å². The second-order valence-corrected chi connectivity index (χ2v) is 5.34. The molecule has 2 unspecified atom stereocenters. The molecular weight excluding hydrogens is 210 g/mol. The zero-order chi connectivity index (χ0) is 12.1. The van der Waals surface area contributed by atoms with Crippen molar-refractivity contribution in [3.63, 3.8) is 0 Å². The zero-order valence-electron chi connectivity index (χ0n) is 10.9. The van der Waals surface area contributed by atoms with Crippen LogP contribution in [-0.2, 0) is 11.2 Å². The van der Waals surface area contributed by atoms with Crippen molar-refractivity contribution in [1.29, 1.82) is 0 Å². The molecule has 1 aliphatic rings. The van der Waals surface area contributed by atoms with E-state index in [0.29, 0.717) is 11.5 Å². The summed E-state index contributed by atoms with van der Waals surface area (Å²) in [6, 6.07) is 11.3. The molecule has 0 aromatic heterocycles. The van der Waals surface area contributed by atoms with Gasteiger partial charge in [0.1, 0.15) is 0 Å². The van der Waals surface area contributed by atoms with E-state index in [4.69, 9.17) is 4.74 Å². The monoisotopic (exact) mass is 233 g/mol. The lowest BCUT2D eigenvalue weighted by atomic mass is 9.77. The average Bonchev–Trinajstić information content (AvgIpc) is 2.70. The molecule has 1 aromatic carbocycles. The quantitative estimate of drug-likeness (QED) is 0.844. The SMILES string of the molecule is COCCC1(C)CCNC1Cc1ccccc1. The van der Waals surface area contributed by atoms with Crippen molar-refractivity contribution in [2.75, 3.05) is 20.3 Å². The number of benzene rings is 1. The Morgan fingerprint density at radius 3 is 2.82 bits per heavy atom. The molecule has 1 N–H and O–H groups in total. The van der Waals surface area contributed by atoms with Gasteiger partial charge in [-0.1, -0.05) is 37.3 Å². The van der Waals surface area contributed by atoms with Crippen LogP contribution in [0.5, 0.6) is 0 Å². The highest BCUT2D eigenvalue weighted by molar-refractivity contribution is 5.17. The largest absolute Gasteiger partial charge is 0.385 e. The molecule has 0 amide bonds. The van der Waals surface area contributed by atoms with Crippen LogP contribution in [0.3, 0.4) is 0 Å². The van der Waals surface area contributed by atoms with E-state index in [2.05, 4.69) is 42.6 Å². The minimum absolute atomic E-state index is 0.381. The first-order chi connectivity index (χ1) is 8.24. The second-order valence-electron chi connectivity index (χ2n) is 5.34. The van der Waals surface area contributed by atoms with Gasteiger partial charge in [0.15, 0.2) is 0 Å². The van der Waals surface area contributed by atoms with E-state index >= 15 is 0 Å². The van der Waals surface area contributed by atoms with Crippen molar-refractivity contribution in [1.82, 2.24) is 5.32 Å². The smallest absolute Gasteiger partial charge is 0.0468 e. The average molecular weight is 233 g/mol. The molecule has 0 bridgehead atoms. The number of methoxy groups -OCH3 is 1. The van der Waals surface area contributed by atoms with E-state index in [1.807, 2.05) is 0 Å². The molecule has 1 saturated heterocycles. The van der Waals surface area contributed by atoms with Crippen molar-refractivity contribution < 1.29 is 4.74 Å². The minimum atomic E-state index is 0.381. The van der Waals surface area contributed by atoms with Gasteiger partial charge in [-0.3, -0.25) is 0 Å².